The van der Waals surface area contributed by atoms with Crippen LogP contribution in [0, 0.1) is 6.92 Å². The van der Waals surface area contributed by atoms with Crippen molar-refractivity contribution >= 4 is 28.4 Å². The van der Waals surface area contributed by atoms with Crippen molar-refractivity contribution in [1.29, 1.82) is 0 Å². The number of aromatic nitrogens is 2. The number of pyridine rings is 2. The number of benzene rings is 1. The second kappa shape index (κ2) is 6.87. The SMILES string of the molecule is Cc1cccc(CNC(=O)C(=O)Nc2ccc3ncccc3c2)n1. The van der Waals surface area contributed by atoms with Crippen LogP contribution in [0.3, 0.4) is 0 Å². The molecule has 0 saturated carbocycles. The first-order chi connectivity index (χ1) is 11.6. The van der Waals surface area contributed by atoms with Gasteiger partial charge in [-0.1, -0.05) is 12.1 Å². The van der Waals surface area contributed by atoms with E-state index in [1.54, 1.807) is 30.5 Å². The Labute approximate surface area is 138 Å². The number of carbonyl (C=O) groups excluding carboxylic acids is 2. The van der Waals surface area contributed by atoms with E-state index in [4.69, 9.17) is 0 Å². The Balaban J connectivity index is 1.61. The molecule has 2 aromatic heterocycles. The maximum absolute atomic E-state index is 12.0. The molecule has 0 aliphatic rings. The van der Waals surface area contributed by atoms with Gasteiger partial charge >= 0.3 is 11.8 Å². The lowest BCUT2D eigenvalue weighted by Crippen LogP contribution is -2.35. The summed E-state index contributed by atoms with van der Waals surface area (Å²) in [6, 6.07) is 14.5. The zero-order chi connectivity index (χ0) is 16.9. The third-order valence-corrected chi connectivity index (χ3v) is 3.44. The predicted molar refractivity (Wildman–Crippen MR) is 91.2 cm³/mol. The average molecular weight is 320 g/mol. The van der Waals surface area contributed by atoms with E-state index in [2.05, 4.69) is 20.6 Å². The minimum absolute atomic E-state index is 0.204. The van der Waals surface area contributed by atoms with E-state index in [1.807, 2.05) is 31.2 Å². The molecule has 0 atom stereocenters. The van der Waals surface area contributed by atoms with Crippen molar-refractivity contribution in [2.45, 2.75) is 13.5 Å². The Bertz CT molecular complexity index is 908. The molecule has 0 aliphatic heterocycles. The Morgan fingerprint density at radius 1 is 1.04 bits per heavy atom. The van der Waals surface area contributed by atoms with E-state index in [9.17, 15) is 9.59 Å². The Morgan fingerprint density at radius 3 is 2.75 bits per heavy atom. The largest absolute Gasteiger partial charge is 0.342 e. The quantitative estimate of drug-likeness (QED) is 0.725. The fourth-order valence-electron chi connectivity index (χ4n) is 2.29. The van der Waals surface area contributed by atoms with E-state index in [1.165, 1.54) is 0 Å². The van der Waals surface area contributed by atoms with Gasteiger partial charge in [-0.25, -0.2) is 0 Å². The molecule has 0 aliphatic carbocycles. The van der Waals surface area contributed by atoms with Gasteiger partial charge in [0.15, 0.2) is 0 Å². The molecule has 2 N–H and O–H groups in total. The van der Waals surface area contributed by atoms with Gasteiger partial charge in [-0.2, -0.15) is 0 Å². The topological polar surface area (TPSA) is 84.0 Å². The van der Waals surface area contributed by atoms with Gasteiger partial charge in [0.25, 0.3) is 0 Å². The zero-order valence-electron chi connectivity index (χ0n) is 13.1. The van der Waals surface area contributed by atoms with Crippen molar-refractivity contribution in [3.63, 3.8) is 0 Å². The highest BCUT2D eigenvalue weighted by Crippen LogP contribution is 2.16. The maximum Gasteiger partial charge on any atom is 0.313 e. The van der Waals surface area contributed by atoms with Crippen LogP contribution in [0.2, 0.25) is 0 Å². The molecule has 1 aromatic carbocycles. The lowest BCUT2D eigenvalue weighted by atomic mass is 10.2. The van der Waals surface area contributed by atoms with Crippen LogP contribution in [-0.2, 0) is 16.1 Å². The molecule has 6 heteroatoms. The predicted octanol–water partition coefficient (Wildman–Crippen LogP) is 2.19. The number of aryl methyl sites for hydroxylation is 1. The molecule has 3 aromatic rings. The average Bonchev–Trinajstić information content (AvgIpc) is 2.59. The van der Waals surface area contributed by atoms with Crippen molar-refractivity contribution in [2.75, 3.05) is 5.32 Å². The van der Waals surface area contributed by atoms with E-state index in [0.717, 1.165) is 16.6 Å². The number of hydrogen-bond acceptors (Lipinski definition) is 4. The monoisotopic (exact) mass is 320 g/mol. The standard InChI is InChI=1S/C18H16N4O2/c1-12-4-2-6-15(21-12)11-20-17(23)18(24)22-14-7-8-16-13(10-14)5-3-9-19-16/h2-10H,11H2,1H3,(H,20,23)(H,22,24). The normalized spacial score (nSPS) is 10.4. The molecule has 120 valence electrons. The van der Waals surface area contributed by atoms with Crippen LogP contribution in [0.1, 0.15) is 11.4 Å². The smallest absolute Gasteiger partial charge is 0.313 e. The summed E-state index contributed by atoms with van der Waals surface area (Å²) in [5.41, 5.74) is 2.93. The molecule has 2 heterocycles. The van der Waals surface area contributed by atoms with Crippen molar-refractivity contribution in [3.05, 3.63) is 66.1 Å². The number of fused-ring (bicyclic) bond motifs is 1. The highest BCUT2D eigenvalue weighted by molar-refractivity contribution is 6.39. The first-order valence-corrected chi connectivity index (χ1v) is 7.48. The second-order valence-corrected chi connectivity index (χ2v) is 5.32. The molecule has 6 nitrogen and oxygen atoms in total. The molecule has 2 amide bonds. The Morgan fingerprint density at radius 2 is 1.92 bits per heavy atom. The summed E-state index contributed by atoms with van der Waals surface area (Å²) in [6.45, 7) is 2.07. The Hall–Kier alpha value is -3.28. The number of hydrogen-bond donors (Lipinski definition) is 2. The number of anilines is 1. The number of nitrogens with one attached hydrogen (secondary N) is 2. The van der Waals surface area contributed by atoms with Crippen LogP contribution in [0.5, 0.6) is 0 Å². The molecular weight excluding hydrogens is 304 g/mol. The third kappa shape index (κ3) is 3.73. The molecule has 0 unspecified atom stereocenters. The highest BCUT2D eigenvalue weighted by Gasteiger charge is 2.13. The lowest BCUT2D eigenvalue weighted by molar-refractivity contribution is -0.136. The fourth-order valence-corrected chi connectivity index (χ4v) is 2.29. The molecule has 0 fully saturated rings. The molecule has 0 radical (unpaired) electrons. The van der Waals surface area contributed by atoms with E-state index < -0.39 is 11.8 Å². The summed E-state index contributed by atoms with van der Waals surface area (Å²) >= 11 is 0. The minimum Gasteiger partial charge on any atom is -0.342 e. The van der Waals surface area contributed by atoms with Gasteiger partial charge in [0.05, 0.1) is 17.8 Å². The molecule has 0 saturated heterocycles. The fraction of sp³-hybridized carbons (Fsp3) is 0.111. The van der Waals surface area contributed by atoms with Crippen molar-refractivity contribution in [1.82, 2.24) is 15.3 Å². The van der Waals surface area contributed by atoms with Crippen LogP contribution in [0.25, 0.3) is 10.9 Å². The van der Waals surface area contributed by atoms with Crippen LogP contribution < -0.4 is 10.6 Å². The van der Waals surface area contributed by atoms with Gasteiger partial charge in [-0.15, -0.1) is 0 Å². The van der Waals surface area contributed by atoms with Gasteiger partial charge < -0.3 is 10.6 Å². The third-order valence-electron chi connectivity index (χ3n) is 3.44. The second-order valence-electron chi connectivity index (χ2n) is 5.32. The van der Waals surface area contributed by atoms with Gasteiger partial charge in [0.1, 0.15) is 0 Å². The first kappa shape index (κ1) is 15.6. The molecule has 3 rings (SSSR count). The maximum atomic E-state index is 12.0. The summed E-state index contributed by atoms with van der Waals surface area (Å²) in [6.07, 6.45) is 1.70. The molecule has 0 bridgehead atoms. The van der Waals surface area contributed by atoms with Crippen molar-refractivity contribution in [3.8, 4) is 0 Å². The van der Waals surface area contributed by atoms with Crippen molar-refractivity contribution < 1.29 is 9.59 Å². The number of carbonyl (C=O) groups is 2. The highest BCUT2D eigenvalue weighted by atomic mass is 16.2. The number of rotatable bonds is 3. The van der Waals surface area contributed by atoms with Crippen LogP contribution >= 0.6 is 0 Å². The van der Waals surface area contributed by atoms with Crippen LogP contribution in [0.4, 0.5) is 5.69 Å². The summed E-state index contributed by atoms with van der Waals surface area (Å²) in [7, 11) is 0. The minimum atomic E-state index is -0.717. The Kier molecular flexibility index (Phi) is 4.47. The number of amides is 2. The molecule has 0 spiro atoms. The summed E-state index contributed by atoms with van der Waals surface area (Å²) < 4.78 is 0. The first-order valence-electron chi connectivity index (χ1n) is 7.48. The summed E-state index contributed by atoms with van der Waals surface area (Å²) in [4.78, 5) is 32.4. The summed E-state index contributed by atoms with van der Waals surface area (Å²) in [5.74, 6) is -1.42. The van der Waals surface area contributed by atoms with Crippen molar-refractivity contribution in [2.24, 2.45) is 0 Å². The van der Waals surface area contributed by atoms with E-state index in [-0.39, 0.29) is 6.54 Å². The van der Waals surface area contributed by atoms with Crippen LogP contribution in [0.15, 0.2) is 54.7 Å². The van der Waals surface area contributed by atoms with Gasteiger partial charge in [0.2, 0.25) is 0 Å². The van der Waals surface area contributed by atoms with Gasteiger partial charge in [-0.05, 0) is 43.3 Å². The van der Waals surface area contributed by atoms with Gasteiger partial charge in [0, 0.05) is 23.0 Å². The molecule has 24 heavy (non-hydrogen) atoms. The lowest BCUT2D eigenvalue weighted by Gasteiger charge is -2.07. The molecular formula is C18H16N4O2. The zero-order valence-corrected chi connectivity index (χ0v) is 13.1. The van der Waals surface area contributed by atoms with E-state index in [0.29, 0.717) is 11.4 Å². The number of nitrogens with zero attached hydrogens (tertiary/aromatic N) is 2. The summed E-state index contributed by atoms with van der Waals surface area (Å²) in [5, 5.41) is 6.03. The van der Waals surface area contributed by atoms with Crippen LogP contribution in [-0.4, -0.2) is 21.8 Å². The van der Waals surface area contributed by atoms with E-state index >= 15 is 0 Å². The van der Waals surface area contributed by atoms with Gasteiger partial charge in [-0.3, -0.25) is 19.6 Å².